The second-order valence-electron chi connectivity index (χ2n) is 6.75. The molecule has 0 aromatic rings. The van der Waals surface area contributed by atoms with E-state index >= 15 is 0 Å². The highest BCUT2D eigenvalue weighted by molar-refractivity contribution is 5.71. The van der Waals surface area contributed by atoms with Gasteiger partial charge in [-0.05, 0) is 42.9 Å². The van der Waals surface area contributed by atoms with Gasteiger partial charge in [-0.25, -0.2) is 4.79 Å². The number of fused-ring (bicyclic) bond motifs is 1. The number of hydrogen-bond donors (Lipinski definition) is 1. The predicted octanol–water partition coefficient (Wildman–Crippen LogP) is 3.63. The van der Waals surface area contributed by atoms with E-state index in [1.165, 1.54) is 44.9 Å². The first-order valence-corrected chi connectivity index (χ1v) is 8.12. The predicted molar refractivity (Wildman–Crippen MR) is 78.8 cm³/mol. The summed E-state index contributed by atoms with van der Waals surface area (Å²) in [6.07, 6.45) is 11.0. The first-order chi connectivity index (χ1) is 9.11. The van der Waals surface area contributed by atoms with Gasteiger partial charge in [0.1, 0.15) is 0 Å². The third-order valence-electron chi connectivity index (χ3n) is 5.70. The van der Waals surface area contributed by atoms with Crippen molar-refractivity contribution in [3.8, 4) is 0 Å². The molecule has 0 saturated heterocycles. The average Bonchev–Trinajstić information content (AvgIpc) is 2.43. The quantitative estimate of drug-likeness (QED) is 0.830. The van der Waals surface area contributed by atoms with Crippen LogP contribution in [0, 0.1) is 23.7 Å². The zero-order chi connectivity index (χ0) is 13.8. The van der Waals surface area contributed by atoms with E-state index in [0.717, 1.165) is 36.6 Å². The summed E-state index contributed by atoms with van der Waals surface area (Å²) in [6.45, 7) is 3.17. The van der Waals surface area contributed by atoms with Gasteiger partial charge in [-0.15, -0.1) is 0 Å². The van der Waals surface area contributed by atoms with Crippen LogP contribution in [0.4, 0.5) is 4.79 Å². The van der Waals surface area contributed by atoms with Crippen LogP contribution in [-0.4, -0.2) is 24.5 Å². The summed E-state index contributed by atoms with van der Waals surface area (Å²) in [4.78, 5) is 12.8. The largest absolute Gasteiger partial charge is 0.351 e. The molecule has 0 aliphatic heterocycles. The summed E-state index contributed by atoms with van der Waals surface area (Å²) >= 11 is 0. The number of hydrogen-bond acceptors (Lipinski definition) is 1. The molecule has 0 radical (unpaired) electrons. The minimum absolute atomic E-state index is 0.289. The monoisotopic (exact) mass is 266 g/mol. The molecule has 3 heteroatoms. The molecule has 2 fully saturated rings. The summed E-state index contributed by atoms with van der Waals surface area (Å²) in [5.41, 5.74) is 5.31. The second-order valence-corrected chi connectivity index (χ2v) is 6.75. The van der Waals surface area contributed by atoms with Crippen LogP contribution in [0.5, 0.6) is 0 Å². The summed E-state index contributed by atoms with van der Waals surface area (Å²) in [6, 6.07) is -0.289. The lowest BCUT2D eigenvalue weighted by molar-refractivity contribution is 0.0647. The molecular formula is C16H30N2O. The molecular weight excluding hydrogens is 236 g/mol. The van der Waals surface area contributed by atoms with Gasteiger partial charge in [0.15, 0.2) is 0 Å². The maximum Gasteiger partial charge on any atom is 0.314 e. The molecule has 4 atom stereocenters. The minimum Gasteiger partial charge on any atom is -0.351 e. The standard InChI is InChI=1S/C16H30N2O/c1-3-12-7-8-13-5-4-6-14(15(13)11-12)9-10-18(2)16(17)19/h12-15H,3-11H2,1-2H3,(H2,17,19). The molecule has 0 aromatic carbocycles. The zero-order valence-corrected chi connectivity index (χ0v) is 12.6. The first kappa shape index (κ1) is 14.7. The van der Waals surface area contributed by atoms with Gasteiger partial charge in [0, 0.05) is 13.6 Å². The molecule has 2 saturated carbocycles. The van der Waals surface area contributed by atoms with Crippen LogP contribution in [0.3, 0.4) is 0 Å². The topological polar surface area (TPSA) is 46.3 Å². The fourth-order valence-electron chi connectivity index (χ4n) is 4.35. The third kappa shape index (κ3) is 3.64. The van der Waals surface area contributed by atoms with Crippen molar-refractivity contribution in [2.24, 2.45) is 29.4 Å². The van der Waals surface area contributed by atoms with E-state index in [2.05, 4.69) is 6.92 Å². The van der Waals surface area contributed by atoms with E-state index in [4.69, 9.17) is 5.73 Å². The maximum atomic E-state index is 11.1. The van der Waals surface area contributed by atoms with Crippen LogP contribution in [0.1, 0.15) is 58.3 Å². The molecule has 0 heterocycles. The number of rotatable bonds is 4. The lowest BCUT2D eigenvalue weighted by Crippen LogP contribution is -2.38. The summed E-state index contributed by atoms with van der Waals surface area (Å²) in [7, 11) is 1.82. The van der Waals surface area contributed by atoms with Crippen LogP contribution in [0.15, 0.2) is 0 Å². The molecule has 2 rings (SSSR count). The number of carbonyl (C=O) groups is 1. The molecule has 0 bridgehead atoms. The number of amides is 2. The van der Waals surface area contributed by atoms with E-state index in [0.29, 0.717) is 0 Å². The van der Waals surface area contributed by atoms with Crippen molar-refractivity contribution in [2.45, 2.75) is 58.3 Å². The summed E-state index contributed by atoms with van der Waals surface area (Å²) < 4.78 is 0. The molecule has 4 unspecified atom stereocenters. The van der Waals surface area contributed by atoms with Gasteiger partial charge in [0.2, 0.25) is 0 Å². The van der Waals surface area contributed by atoms with Gasteiger partial charge in [-0.3, -0.25) is 0 Å². The second kappa shape index (κ2) is 6.62. The molecule has 2 amide bonds. The highest BCUT2D eigenvalue weighted by Crippen LogP contribution is 2.47. The molecule has 2 N–H and O–H groups in total. The van der Waals surface area contributed by atoms with Crippen molar-refractivity contribution < 1.29 is 4.79 Å². The zero-order valence-electron chi connectivity index (χ0n) is 12.6. The van der Waals surface area contributed by atoms with E-state index in [9.17, 15) is 4.79 Å². The Balaban J connectivity index is 1.89. The molecule has 2 aliphatic rings. The smallest absolute Gasteiger partial charge is 0.314 e. The van der Waals surface area contributed by atoms with Crippen molar-refractivity contribution in [3.63, 3.8) is 0 Å². The van der Waals surface area contributed by atoms with E-state index in [-0.39, 0.29) is 6.03 Å². The van der Waals surface area contributed by atoms with Crippen molar-refractivity contribution >= 4 is 6.03 Å². The summed E-state index contributed by atoms with van der Waals surface area (Å²) in [5, 5.41) is 0. The van der Waals surface area contributed by atoms with Gasteiger partial charge in [0.25, 0.3) is 0 Å². The van der Waals surface area contributed by atoms with Crippen molar-refractivity contribution in [2.75, 3.05) is 13.6 Å². The average molecular weight is 266 g/mol. The Morgan fingerprint density at radius 1 is 1.26 bits per heavy atom. The number of nitrogens with zero attached hydrogens (tertiary/aromatic N) is 1. The van der Waals surface area contributed by atoms with Gasteiger partial charge in [-0.1, -0.05) is 39.0 Å². The van der Waals surface area contributed by atoms with Gasteiger partial charge in [0.05, 0.1) is 0 Å². The van der Waals surface area contributed by atoms with Crippen LogP contribution in [-0.2, 0) is 0 Å². The molecule has 3 nitrogen and oxygen atoms in total. The van der Waals surface area contributed by atoms with Gasteiger partial charge in [-0.2, -0.15) is 0 Å². The molecule has 19 heavy (non-hydrogen) atoms. The van der Waals surface area contributed by atoms with Crippen molar-refractivity contribution in [1.29, 1.82) is 0 Å². The Kier molecular flexibility index (Phi) is 5.12. The molecule has 110 valence electrons. The maximum absolute atomic E-state index is 11.1. The Labute approximate surface area is 117 Å². The molecule has 2 aliphatic carbocycles. The number of urea groups is 1. The number of carbonyl (C=O) groups excluding carboxylic acids is 1. The highest BCUT2D eigenvalue weighted by atomic mass is 16.2. The lowest BCUT2D eigenvalue weighted by Gasteiger charge is -2.44. The SMILES string of the molecule is CCC1CCC2CCCC(CCN(C)C(N)=O)C2C1. The normalized spacial score (nSPS) is 34.6. The third-order valence-corrected chi connectivity index (χ3v) is 5.70. The van der Waals surface area contributed by atoms with Crippen molar-refractivity contribution in [3.05, 3.63) is 0 Å². The number of primary amides is 1. The van der Waals surface area contributed by atoms with E-state index in [1.54, 1.807) is 4.90 Å². The number of nitrogens with two attached hydrogens (primary N) is 1. The fourth-order valence-corrected chi connectivity index (χ4v) is 4.35. The van der Waals surface area contributed by atoms with Crippen LogP contribution < -0.4 is 5.73 Å². The summed E-state index contributed by atoms with van der Waals surface area (Å²) in [5.74, 6) is 3.68. The fraction of sp³-hybridized carbons (Fsp3) is 0.938. The Morgan fingerprint density at radius 3 is 2.74 bits per heavy atom. The van der Waals surface area contributed by atoms with E-state index < -0.39 is 0 Å². The van der Waals surface area contributed by atoms with Crippen LogP contribution >= 0.6 is 0 Å². The van der Waals surface area contributed by atoms with Crippen LogP contribution in [0.25, 0.3) is 0 Å². The first-order valence-electron chi connectivity index (χ1n) is 8.12. The molecule has 0 spiro atoms. The van der Waals surface area contributed by atoms with E-state index in [1.807, 2.05) is 7.05 Å². The van der Waals surface area contributed by atoms with Gasteiger partial charge >= 0.3 is 6.03 Å². The Hall–Kier alpha value is -0.730. The highest BCUT2D eigenvalue weighted by Gasteiger charge is 2.37. The molecule has 0 aromatic heterocycles. The Bertz CT molecular complexity index is 305. The van der Waals surface area contributed by atoms with Crippen molar-refractivity contribution in [1.82, 2.24) is 4.90 Å². The van der Waals surface area contributed by atoms with Gasteiger partial charge < -0.3 is 10.6 Å². The lowest BCUT2D eigenvalue weighted by atomic mass is 9.62. The Morgan fingerprint density at radius 2 is 2.05 bits per heavy atom. The van der Waals surface area contributed by atoms with Crippen LogP contribution in [0.2, 0.25) is 0 Å². The minimum atomic E-state index is -0.289.